The topological polar surface area (TPSA) is 48.7 Å². The molecule has 92 valence electrons. The van der Waals surface area contributed by atoms with Gasteiger partial charge in [-0.25, -0.2) is 0 Å². The lowest BCUT2D eigenvalue weighted by Crippen LogP contribution is -2.42. The van der Waals surface area contributed by atoms with E-state index in [2.05, 4.69) is 0 Å². The normalized spacial score (nSPS) is 33.1. The monoisotopic (exact) mass is 236 g/mol. The van der Waals surface area contributed by atoms with Crippen molar-refractivity contribution in [3.8, 4) is 0 Å². The molecular weight excluding hydrogens is 220 g/mol. The molecule has 2 saturated heterocycles. The Morgan fingerprint density at radius 1 is 1.41 bits per heavy atom. The number of furan rings is 1. The van der Waals surface area contributed by atoms with Crippen molar-refractivity contribution in [2.75, 3.05) is 19.8 Å². The van der Waals surface area contributed by atoms with Crippen LogP contribution in [-0.2, 0) is 9.47 Å². The average molecular weight is 236 g/mol. The minimum Gasteiger partial charge on any atom is -0.472 e. The van der Waals surface area contributed by atoms with Crippen molar-refractivity contribution in [2.45, 2.75) is 24.9 Å². The molecular formula is C13H16O4. The third kappa shape index (κ3) is 2.03. The molecule has 1 spiro atoms. The molecule has 2 fully saturated rings. The van der Waals surface area contributed by atoms with E-state index in [1.54, 1.807) is 12.3 Å². The van der Waals surface area contributed by atoms with Gasteiger partial charge in [0.25, 0.3) is 0 Å². The molecule has 0 aromatic carbocycles. The summed E-state index contributed by atoms with van der Waals surface area (Å²) < 4.78 is 16.2. The van der Waals surface area contributed by atoms with E-state index >= 15 is 0 Å². The molecule has 3 heterocycles. The second-order valence-electron chi connectivity index (χ2n) is 4.90. The summed E-state index contributed by atoms with van der Waals surface area (Å²) >= 11 is 0. The predicted molar refractivity (Wildman–Crippen MR) is 59.9 cm³/mol. The number of rotatable bonds is 2. The maximum atomic E-state index is 12.2. The maximum Gasteiger partial charge on any atom is 0.169 e. The first-order chi connectivity index (χ1) is 8.29. The second-order valence-corrected chi connectivity index (χ2v) is 4.90. The molecule has 2 aliphatic heterocycles. The molecule has 0 saturated carbocycles. The molecule has 0 bridgehead atoms. The standard InChI is InChI=1S/C13H16O4/c14-12(11-1-4-15-8-11)10-2-5-17-13(7-10)3-6-16-9-13/h1,4,8,10H,2-3,5-7,9H2. The maximum absolute atomic E-state index is 12.2. The van der Waals surface area contributed by atoms with Gasteiger partial charge in [-0.3, -0.25) is 4.79 Å². The van der Waals surface area contributed by atoms with Gasteiger partial charge in [-0.1, -0.05) is 0 Å². The van der Waals surface area contributed by atoms with Crippen LogP contribution in [0, 0.1) is 5.92 Å². The fraction of sp³-hybridized carbons (Fsp3) is 0.615. The Morgan fingerprint density at radius 3 is 3.06 bits per heavy atom. The number of ether oxygens (including phenoxy) is 2. The van der Waals surface area contributed by atoms with Crippen molar-refractivity contribution < 1.29 is 18.7 Å². The summed E-state index contributed by atoms with van der Waals surface area (Å²) in [6.45, 7) is 2.02. The van der Waals surface area contributed by atoms with Gasteiger partial charge >= 0.3 is 0 Å². The van der Waals surface area contributed by atoms with Crippen LogP contribution in [0.15, 0.2) is 23.0 Å². The summed E-state index contributed by atoms with van der Waals surface area (Å²) in [5, 5.41) is 0. The van der Waals surface area contributed by atoms with Gasteiger partial charge in [0, 0.05) is 25.6 Å². The highest BCUT2D eigenvalue weighted by Gasteiger charge is 2.43. The smallest absolute Gasteiger partial charge is 0.169 e. The second kappa shape index (κ2) is 4.27. The van der Waals surface area contributed by atoms with E-state index in [1.165, 1.54) is 6.26 Å². The van der Waals surface area contributed by atoms with Crippen molar-refractivity contribution in [1.29, 1.82) is 0 Å². The van der Waals surface area contributed by atoms with Gasteiger partial charge in [0.1, 0.15) is 6.26 Å². The van der Waals surface area contributed by atoms with Crippen molar-refractivity contribution in [1.82, 2.24) is 0 Å². The number of hydrogen-bond acceptors (Lipinski definition) is 4. The number of carbonyl (C=O) groups excluding carboxylic acids is 1. The lowest BCUT2D eigenvalue weighted by molar-refractivity contribution is -0.0920. The van der Waals surface area contributed by atoms with Gasteiger partial charge in [-0.05, 0) is 18.9 Å². The minimum atomic E-state index is -0.206. The van der Waals surface area contributed by atoms with Crippen LogP contribution >= 0.6 is 0 Å². The van der Waals surface area contributed by atoms with Gasteiger partial charge < -0.3 is 13.9 Å². The summed E-state index contributed by atoms with van der Waals surface area (Å²) in [4.78, 5) is 12.2. The predicted octanol–water partition coefficient (Wildman–Crippen LogP) is 2.05. The van der Waals surface area contributed by atoms with Crippen LogP contribution in [0.25, 0.3) is 0 Å². The van der Waals surface area contributed by atoms with E-state index < -0.39 is 0 Å². The SMILES string of the molecule is O=C(c1ccoc1)C1CCOC2(CCOC2)C1. The quantitative estimate of drug-likeness (QED) is 0.737. The fourth-order valence-corrected chi connectivity index (χ4v) is 2.76. The summed E-state index contributed by atoms with van der Waals surface area (Å²) in [6.07, 6.45) is 5.54. The van der Waals surface area contributed by atoms with E-state index in [0.717, 1.165) is 25.9 Å². The van der Waals surface area contributed by atoms with Crippen LogP contribution in [0.3, 0.4) is 0 Å². The Hall–Kier alpha value is -1.13. The Bertz CT molecular complexity index is 390. The Balaban J connectivity index is 1.73. The Labute approximate surface area is 99.9 Å². The van der Waals surface area contributed by atoms with Crippen LogP contribution in [-0.4, -0.2) is 31.2 Å². The molecule has 0 radical (unpaired) electrons. The highest BCUT2D eigenvalue weighted by molar-refractivity contribution is 5.97. The molecule has 1 aromatic rings. The number of ketones is 1. The van der Waals surface area contributed by atoms with Crippen LogP contribution in [0.2, 0.25) is 0 Å². The molecule has 1 aromatic heterocycles. The van der Waals surface area contributed by atoms with Crippen LogP contribution < -0.4 is 0 Å². The zero-order chi connectivity index (χ0) is 11.7. The average Bonchev–Trinajstić information content (AvgIpc) is 3.00. The summed E-state index contributed by atoms with van der Waals surface area (Å²) in [5.41, 5.74) is 0.466. The first-order valence-corrected chi connectivity index (χ1v) is 6.07. The number of hydrogen-bond donors (Lipinski definition) is 0. The molecule has 2 unspecified atom stereocenters. The van der Waals surface area contributed by atoms with E-state index in [4.69, 9.17) is 13.9 Å². The first-order valence-electron chi connectivity index (χ1n) is 6.07. The third-order valence-corrected chi connectivity index (χ3v) is 3.74. The van der Waals surface area contributed by atoms with E-state index in [0.29, 0.717) is 18.8 Å². The van der Waals surface area contributed by atoms with E-state index in [1.807, 2.05) is 0 Å². The van der Waals surface area contributed by atoms with Crippen molar-refractivity contribution >= 4 is 5.78 Å². The lowest BCUT2D eigenvalue weighted by atomic mass is 9.81. The molecule has 0 aliphatic carbocycles. The van der Waals surface area contributed by atoms with E-state index in [-0.39, 0.29) is 17.3 Å². The number of Topliss-reactive ketones (excluding diaryl/α,β-unsaturated/α-hetero) is 1. The zero-order valence-corrected chi connectivity index (χ0v) is 9.69. The number of carbonyl (C=O) groups is 1. The zero-order valence-electron chi connectivity index (χ0n) is 9.69. The van der Waals surface area contributed by atoms with Crippen molar-refractivity contribution in [3.05, 3.63) is 24.2 Å². The summed E-state index contributed by atoms with van der Waals surface area (Å²) in [7, 11) is 0. The molecule has 17 heavy (non-hydrogen) atoms. The fourth-order valence-electron chi connectivity index (χ4n) is 2.76. The van der Waals surface area contributed by atoms with E-state index in [9.17, 15) is 4.79 Å². The Morgan fingerprint density at radius 2 is 2.35 bits per heavy atom. The van der Waals surface area contributed by atoms with Crippen LogP contribution in [0.4, 0.5) is 0 Å². The first kappa shape index (κ1) is 11.0. The van der Waals surface area contributed by atoms with Gasteiger partial charge in [0.05, 0.1) is 24.0 Å². The van der Waals surface area contributed by atoms with Crippen molar-refractivity contribution in [2.24, 2.45) is 5.92 Å². The van der Waals surface area contributed by atoms with Gasteiger partial charge in [-0.2, -0.15) is 0 Å². The molecule has 0 amide bonds. The van der Waals surface area contributed by atoms with Crippen molar-refractivity contribution in [3.63, 3.8) is 0 Å². The molecule has 2 atom stereocenters. The molecule has 2 aliphatic rings. The molecule has 3 rings (SSSR count). The highest BCUT2D eigenvalue weighted by Crippen LogP contribution is 2.37. The lowest BCUT2D eigenvalue weighted by Gasteiger charge is -2.36. The molecule has 0 N–H and O–H groups in total. The largest absolute Gasteiger partial charge is 0.472 e. The van der Waals surface area contributed by atoms with Gasteiger partial charge in [0.2, 0.25) is 0 Å². The Kier molecular flexibility index (Phi) is 2.76. The third-order valence-electron chi connectivity index (χ3n) is 3.74. The van der Waals surface area contributed by atoms with Gasteiger partial charge in [-0.15, -0.1) is 0 Å². The minimum absolute atomic E-state index is 0.0445. The van der Waals surface area contributed by atoms with Crippen LogP contribution in [0.1, 0.15) is 29.6 Å². The van der Waals surface area contributed by atoms with Gasteiger partial charge in [0.15, 0.2) is 5.78 Å². The molecule has 4 heteroatoms. The molecule has 4 nitrogen and oxygen atoms in total. The summed E-state index contributed by atoms with van der Waals surface area (Å²) in [5.74, 6) is 0.219. The summed E-state index contributed by atoms with van der Waals surface area (Å²) in [6, 6.07) is 1.73. The highest BCUT2D eigenvalue weighted by atomic mass is 16.6. The van der Waals surface area contributed by atoms with Crippen LogP contribution in [0.5, 0.6) is 0 Å².